The number of benzene rings is 1. The molecule has 0 amide bonds. The molecule has 112 valence electrons. The van der Waals surface area contributed by atoms with Gasteiger partial charge < -0.3 is 5.73 Å². The summed E-state index contributed by atoms with van der Waals surface area (Å²) < 4.78 is 0. The number of anilines is 1. The van der Waals surface area contributed by atoms with Crippen LogP contribution >= 0.6 is 0 Å². The van der Waals surface area contributed by atoms with Gasteiger partial charge in [0.15, 0.2) is 0 Å². The molecule has 0 bridgehead atoms. The molecule has 1 aliphatic heterocycles. The zero-order chi connectivity index (χ0) is 14.8. The van der Waals surface area contributed by atoms with Crippen LogP contribution in [0.25, 0.3) is 10.9 Å². The van der Waals surface area contributed by atoms with Gasteiger partial charge in [0.25, 0.3) is 0 Å². The molecule has 0 atom stereocenters. The molecule has 2 heterocycles. The predicted molar refractivity (Wildman–Crippen MR) is 89.0 cm³/mol. The van der Waals surface area contributed by atoms with Crippen molar-refractivity contribution in [3.63, 3.8) is 0 Å². The number of nitrogens with zero attached hydrogens (tertiary/aromatic N) is 2. The van der Waals surface area contributed by atoms with Crippen molar-refractivity contribution in [1.29, 1.82) is 0 Å². The lowest BCUT2D eigenvalue weighted by Crippen LogP contribution is -2.35. The molecule has 2 N–H and O–H groups in total. The topological polar surface area (TPSA) is 42.2 Å². The van der Waals surface area contributed by atoms with Crippen molar-refractivity contribution in [2.75, 3.05) is 18.8 Å². The minimum atomic E-state index is 0.680. The molecule has 0 spiro atoms. The standard InChI is InChI=1S/C18H25N3/c1-13(2)14-7-9-21(10-8-14)12-16-11-15-5-3-4-6-17(15)20-18(16)19/h3-6,11,13-14H,7-10,12H2,1-2H3,(H2,19,20). The molecule has 1 aromatic heterocycles. The third kappa shape index (κ3) is 3.18. The summed E-state index contributed by atoms with van der Waals surface area (Å²) in [6, 6.07) is 10.4. The Morgan fingerprint density at radius 3 is 2.67 bits per heavy atom. The van der Waals surface area contributed by atoms with Gasteiger partial charge in [-0.25, -0.2) is 4.98 Å². The van der Waals surface area contributed by atoms with Crippen LogP contribution in [0.3, 0.4) is 0 Å². The van der Waals surface area contributed by atoms with Crippen LogP contribution in [0.4, 0.5) is 5.82 Å². The molecule has 1 aliphatic rings. The number of piperidine rings is 1. The average Bonchev–Trinajstić information content (AvgIpc) is 2.48. The Hall–Kier alpha value is -1.61. The maximum absolute atomic E-state index is 6.14. The van der Waals surface area contributed by atoms with Gasteiger partial charge in [0, 0.05) is 17.5 Å². The number of hydrogen-bond donors (Lipinski definition) is 1. The lowest BCUT2D eigenvalue weighted by molar-refractivity contribution is 0.152. The molecule has 3 rings (SSSR count). The van der Waals surface area contributed by atoms with E-state index in [-0.39, 0.29) is 0 Å². The third-order valence-corrected chi connectivity index (χ3v) is 4.81. The molecular weight excluding hydrogens is 258 g/mol. The minimum Gasteiger partial charge on any atom is -0.383 e. The van der Waals surface area contributed by atoms with Gasteiger partial charge in [-0.15, -0.1) is 0 Å². The van der Waals surface area contributed by atoms with Crippen LogP contribution in [0.1, 0.15) is 32.3 Å². The van der Waals surface area contributed by atoms with Crippen molar-refractivity contribution in [2.24, 2.45) is 11.8 Å². The van der Waals surface area contributed by atoms with Gasteiger partial charge >= 0.3 is 0 Å². The fourth-order valence-electron chi connectivity index (χ4n) is 3.32. The van der Waals surface area contributed by atoms with E-state index >= 15 is 0 Å². The van der Waals surface area contributed by atoms with Crippen LogP contribution < -0.4 is 5.73 Å². The normalized spacial score (nSPS) is 17.7. The summed E-state index contributed by atoms with van der Waals surface area (Å²) in [6.07, 6.45) is 2.61. The number of pyridine rings is 1. The van der Waals surface area contributed by atoms with E-state index in [1.54, 1.807) is 0 Å². The highest BCUT2D eigenvalue weighted by Gasteiger charge is 2.22. The molecule has 1 fully saturated rings. The molecule has 0 unspecified atom stereocenters. The number of nitrogen functional groups attached to an aromatic ring is 1. The Balaban J connectivity index is 1.72. The molecule has 1 aromatic carbocycles. The number of rotatable bonds is 3. The summed E-state index contributed by atoms with van der Waals surface area (Å²) in [6.45, 7) is 7.95. The zero-order valence-electron chi connectivity index (χ0n) is 13.0. The maximum Gasteiger partial charge on any atom is 0.128 e. The largest absolute Gasteiger partial charge is 0.383 e. The SMILES string of the molecule is CC(C)C1CCN(Cc2cc3ccccc3nc2N)CC1. The van der Waals surface area contributed by atoms with Crippen molar-refractivity contribution in [3.8, 4) is 0 Å². The summed E-state index contributed by atoms with van der Waals surface area (Å²) in [4.78, 5) is 7.05. The quantitative estimate of drug-likeness (QED) is 0.934. The van der Waals surface area contributed by atoms with Crippen LogP contribution in [-0.4, -0.2) is 23.0 Å². The molecule has 0 radical (unpaired) electrons. The van der Waals surface area contributed by atoms with Gasteiger partial charge in [0.2, 0.25) is 0 Å². The first-order valence-electron chi connectivity index (χ1n) is 8.00. The van der Waals surface area contributed by atoms with Crippen LogP contribution in [0.5, 0.6) is 0 Å². The van der Waals surface area contributed by atoms with Crippen LogP contribution in [0, 0.1) is 11.8 Å². The smallest absolute Gasteiger partial charge is 0.128 e. The summed E-state index contributed by atoms with van der Waals surface area (Å²) in [5, 5.41) is 1.18. The monoisotopic (exact) mass is 283 g/mol. The molecule has 3 heteroatoms. The van der Waals surface area contributed by atoms with Crippen molar-refractivity contribution >= 4 is 16.7 Å². The van der Waals surface area contributed by atoms with E-state index in [4.69, 9.17) is 5.73 Å². The highest BCUT2D eigenvalue weighted by atomic mass is 15.1. The maximum atomic E-state index is 6.14. The molecule has 1 saturated heterocycles. The number of fused-ring (bicyclic) bond motifs is 1. The molecular formula is C18H25N3. The van der Waals surface area contributed by atoms with Crippen LogP contribution in [-0.2, 0) is 6.54 Å². The number of hydrogen-bond acceptors (Lipinski definition) is 3. The number of likely N-dealkylation sites (tertiary alicyclic amines) is 1. The summed E-state index contributed by atoms with van der Waals surface area (Å²) in [5.41, 5.74) is 8.29. The number of para-hydroxylation sites is 1. The summed E-state index contributed by atoms with van der Waals surface area (Å²) in [7, 11) is 0. The van der Waals surface area contributed by atoms with Crippen molar-refractivity contribution in [3.05, 3.63) is 35.9 Å². The van der Waals surface area contributed by atoms with E-state index < -0.39 is 0 Å². The lowest BCUT2D eigenvalue weighted by atomic mass is 9.86. The van der Waals surface area contributed by atoms with Crippen LogP contribution in [0.15, 0.2) is 30.3 Å². The Kier molecular flexibility index (Phi) is 4.11. The second kappa shape index (κ2) is 6.02. The van der Waals surface area contributed by atoms with Gasteiger partial charge in [0.05, 0.1) is 5.52 Å². The third-order valence-electron chi connectivity index (χ3n) is 4.81. The Morgan fingerprint density at radius 2 is 1.95 bits per heavy atom. The van der Waals surface area contributed by atoms with Crippen molar-refractivity contribution < 1.29 is 0 Å². The highest BCUT2D eigenvalue weighted by Crippen LogP contribution is 2.26. The van der Waals surface area contributed by atoms with Gasteiger partial charge in [-0.2, -0.15) is 0 Å². The van der Waals surface area contributed by atoms with E-state index in [9.17, 15) is 0 Å². The molecule has 3 nitrogen and oxygen atoms in total. The molecule has 2 aromatic rings. The first-order chi connectivity index (χ1) is 10.1. The second-order valence-electron chi connectivity index (χ2n) is 6.58. The lowest BCUT2D eigenvalue weighted by Gasteiger charge is -2.34. The molecule has 0 saturated carbocycles. The Labute approximate surface area is 127 Å². The first-order valence-corrected chi connectivity index (χ1v) is 8.00. The van der Waals surface area contributed by atoms with E-state index in [1.807, 2.05) is 12.1 Å². The Morgan fingerprint density at radius 1 is 1.24 bits per heavy atom. The first kappa shape index (κ1) is 14.3. The van der Waals surface area contributed by atoms with Crippen LogP contribution in [0.2, 0.25) is 0 Å². The number of nitrogens with two attached hydrogens (primary N) is 1. The summed E-state index contributed by atoms with van der Waals surface area (Å²) in [5.74, 6) is 2.37. The van der Waals surface area contributed by atoms with Crippen molar-refractivity contribution in [1.82, 2.24) is 9.88 Å². The van der Waals surface area contributed by atoms with Gasteiger partial charge in [-0.1, -0.05) is 32.0 Å². The highest BCUT2D eigenvalue weighted by molar-refractivity contribution is 5.81. The minimum absolute atomic E-state index is 0.680. The predicted octanol–water partition coefficient (Wildman–Crippen LogP) is 3.69. The molecule has 21 heavy (non-hydrogen) atoms. The summed E-state index contributed by atoms with van der Waals surface area (Å²) >= 11 is 0. The van der Waals surface area contributed by atoms with Gasteiger partial charge in [-0.05, 0) is 49.9 Å². The van der Waals surface area contributed by atoms with E-state index in [0.717, 1.165) is 29.5 Å². The van der Waals surface area contributed by atoms with E-state index in [1.165, 1.54) is 31.3 Å². The average molecular weight is 283 g/mol. The fraction of sp³-hybridized carbons (Fsp3) is 0.500. The second-order valence-corrected chi connectivity index (χ2v) is 6.58. The van der Waals surface area contributed by atoms with Crippen molar-refractivity contribution in [2.45, 2.75) is 33.2 Å². The van der Waals surface area contributed by atoms with Gasteiger partial charge in [0.1, 0.15) is 5.82 Å². The van der Waals surface area contributed by atoms with E-state index in [0.29, 0.717) is 5.82 Å². The molecule has 0 aliphatic carbocycles. The Bertz CT molecular complexity index is 613. The van der Waals surface area contributed by atoms with Gasteiger partial charge in [-0.3, -0.25) is 4.90 Å². The zero-order valence-corrected chi connectivity index (χ0v) is 13.0. The number of aromatic nitrogens is 1. The fourth-order valence-corrected chi connectivity index (χ4v) is 3.32. The van der Waals surface area contributed by atoms with E-state index in [2.05, 4.69) is 41.9 Å².